The van der Waals surface area contributed by atoms with Crippen molar-refractivity contribution in [3.63, 3.8) is 0 Å². The number of carbonyl (C=O) groups is 1. The molecule has 0 aliphatic heterocycles. The Balaban J connectivity index is 2.10. The highest BCUT2D eigenvalue weighted by Gasteiger charge is 2.32. The van der Waals surface area contributed by atoms with Crippen LogP contribution in [0.5, 0.6) is 0 Å². The maximum atomic E-state index is 12.1. The lowest BCUT2D eigenvalue weighted by molar-refractivity contribution is -0.114. The van der Waals surface area contributed by atoms with Gasteiger partial charge in [0.2, 0.25) is 0 Å². The monoisotopic (exact) mass is 360 g/mol. The van der Waals surface area contributed by atoms with Crippen LogP contribution in [0.15, 0.2) is 64.2 Å². The molecule has 1 unspecified atom stereocenters. The minimum absolute atomic E-state index is 0.197. The summed E-state index contributed by atoms with van der Waals surface area (Å²) in [4.78, 5) is 12.1. The van der Waals surface area contributed by atoms with Crippen molar-refractivity contribution < 1.29 is 4.79 Å². The first-order valence-electron chi connectivity index (χ1n) is 6.30. The minimum Gasteiger partial charge on any atom is -0.294 e. The lowest BCUT2D eigenvalue weighted by atomic mass is 9.89. The van der Waals surface area contributed by atoms with Crippen LogP contribution < -0.4 is 0 Å². The Labute approximate surface area is 126 Å². The van der Waals surface area contributed by atoms with E-state index in [9.17, 15) is 4.79 Å². The zero-order chi connectivity index (χ0) is 13.2. The molecule has 1 aliphatic carbocycles. The summed E-state index contributed by atoms with van der Waals surface area (Å²) < 4.78 is 0.887. The Hall–Kier alpha value is -1.42. The van der Waals surface area contributed by atoms with Crippen molar-refractivity contribution in [3.8, 4) is 0 Å². The molecule has 0 heterocycles. The molecule has 0 saturated heterocycles. The molecule has 1 atom stereocenters. The third kappa shape index (κ3) is 2.37. The Morgan fingerprint density at radius 2 is 1.47 bits per heavy atom. The Kier molecular flexibility index (Phi) is 3.51. The molecule has 0 radical (unpaired) electrons. The Bertz CT molecular complexity index is 629. The molecule has 0 aromatic heterocycles. The fourth-order valence-corrected chi connectivity index (χ4v) is 3.50. The normalized spacial score (nSPS) is 19.0. The van der Waals surface area contributed by atoms with Crippen LogP contribution in [0.1, 0.15) is 23.5 Å². The number of hydrogen-bond acceptors (Lipinski definition) is 1. The molecule has 19 heavy (non-hydrogen) atoms. The topological polar surface area (TPSA) is 17.1 Å². The molecule has 0 amide bonds. The van der Waals surface area contributed by atoms with Gasteiger partial charge in [-0.05, 0) is 39.3 Å². The number of hydrogen-bond donors (Lipinski definition) is 0. The second kappa shape index (κ2) is 5.29. The average Bonchev–Trinajstić information content (AvgIpc) is 2.77. The summed E-state index contributed by atoms with van der Waals surface area (Å²) in [6.45, 7) is 0. The first-order valence-corrected chi connectivity index (χ1v) is 7.38. The van der Waals surface area contributed by atoms with Crippen molar-refractivity contribution in [2.24, 2.45) is 0 Å². The number of ketones is 1. The van der Waals surface area contributed by atoms with Gasteiger partial charge < -0.3 is 0 Å². The number of rotatable bonds is 2. The highest BCUT2D eigenvalue weighted by atomic mass is 127. The largest absolute Gasteiger partial charge is 0.294 e. The standard InChI is InChI=1S/C17H13IO/c18-17-15(19)11-14(12-7-3-1-4-8-12)16(17)13-9-5-2-6-10-13/h1-10,14H,11H2. The number of allylic oxidation sites excluding steroid dienone is 2. The van der Waals surface area contributed by atoms with Crippen molar-refractivity contribution >= 4 is 33.9 Å². The summed E-state index contributed by atoms with van der Waals surface area (Å²) >= 11 is 2.20. The third-order valence-electron chi connectivity index (χ3n) is 3.51. The van der Waals surface area contributed by atoms with Crippen LogP contribution in [0.4, 0.5) is 0 Å². The Morgan fingerprint density at radius 1 is 0.895 bits per heavy atom. The van der Waals surface area contributed by atoms with E-state index in [1.54, 1.807) is 0 Å². The predicted molar refractivity (Wildman–Crippen MR) is 86.2 cm³/mol. The molecule has 0 N–H and O–H groups in total. The van der Waals surface area contributed by atoms with Crippen LogP contribution in [-0.4, -0.2) is 5.78 Å². The number of halogens is 1. The first kappa shape index (κ1) is 12.6. The molecule has 0 spiro atoms. The SMILES string of the molecule is O=C1CC(c2ccccc2)C(c2ccccc2)=C1I. The van der Waals surface area contributed by atoms with Gasteiger partial charge in [-0.25, -0.2) is 0 Å². The summed E-state index contributed by atoms with van der Waals surface area (Å²) in [5.41, 5.74) is 3.56. The molecule has 1 nitrogen and oxygen atoms in total. The van der Waals surface area contributed by atoms with Crippen LogP contribution in [0.2, 0.25) is 0 Å². The maximum Gasteiger partial charge on any atom is 0.170 e. The average molecular weight is 360 g/mol. The summed E-state index contributed by atoms with van der Waals surface area (Å²) in [6, 6.07) is 20.5. The molecule has 2 heteroatoms. The van der Waals surface area contributed by atoms with E-state index in [-0.39, 0.29) is 11.7 Å². The molecule has 0 saturated carbocycles. The van der Waals surface area contributed by atoms with Gasteiger partial charge in [0.05, 0.1) is 3.58 Å². The van der Waals surface area contributed by atoms with E-state index in [2.05, 4.69) is 46.9 Å². The van der Waals surface area contributed by atoms with Crippen molar-refractivity contribution in [1.82, 2.24) is 0 Å². The molecule has 0 bridgehead atoms. The molecule has 2 aromatic carbocycles. The van der Waals surface area contributed by atoms with Crippen LogP contribution in [-0.2, 0) is 4.79 Å². The molecular weight excluding hydrogens is 347 g/mol. The van der Waals surface area contributed by atoms with E-state index in [4.69, 9.17) is 0 Å². The summed E-state index contributed by atoms with van der Waals surface area (Å²) in [5, 5.41) is 0. The second-order valence-electron chi connectivity index (χ2n) is 4.68. The fourth-order valence-electron chi connectivity index (χ4n) is 2.60. The van der Waals surface area contributed by atoms with Crippen LogP contribution in [0.3, 0.4) is 0 Å². The van der Waals surface area contributed by atoms with Gasteiger partial charge in [-0.2, -0.15) is 0 Å². The van der Waals surface area contributed by atoms with Gasteiger partial charge in [0.15, 0.2) is 5.78 Å². The lowest BCUT2D eigenvalue weighted by Gasteiger charge is -2.15. The van der Waals surface area contributed by atoms with Gasteiger partial charge in [-0.15, -0.1) is 0 Å². The van der Waals surface area contributed by atoms with Crippen molar-refractivity contribution in [2.75, 3.05) is 0 Å². The van der Waals surface area contributed by atoms with Gasteiger partial charge in [-0.3, -0.25) is 4.79 Å². The van der Waals surface area contributed by atoms with Crippen molar-refractivity contribution in [3.05, 3.63) is 75.4 Å². The Morgan fingerprint density at radius 3 is 2.11 bits per heavy atom. The lowest BCUT2D eigenvalue weighted by Crippen LogP contribution is -1.99. The maximum absolute atomic E-state index is 12.1. The molecule has 2 aromatic rings. The van der Waals surface area contributed by atoms with Crippen LogP contribution in [0.25, 0.3) is 5.57 Å². The quantitative estimate of drug-likeness (QED) is 0.716. The van der Waals surface area contributed by atoms with E-state index in [1.165, 1.54) is 11.1 Å². The van der Waals surface area contributed by atoms with E-state index in [0.717, 1.165) is 9.14 Å². The molecule has 0 fully saturated rings. The van der Waals surface area contributed by atoms with Gasteiger partial charge in [0.1, 0.15) is 0 Å². The zero-order valence-corrected chi connectivity index (χ0v) is 12.5. The smallest absolute Gasteiger partial charge is 0.170 e. The third-order valence-corrected chi connectivity index (χ3v) is 4.69. The van der Waals surface area contributed by atoms with Gasteiger partial charge in [0.25, 0.3) is 0 Å². The second-order valence-corrected chi connectivity index (χ2v) is 5.76. The van der Waals surface area contributed by atoms with Gasteiger partial charge >= 0.3 is 0 Å². The fraction of sp³-hybridized carbons (Fsp3) is 0.118. The minimum atomic E-state index is 0.197. The summed E-state index contributed by atoms with van der Waals surface area (Å²) in [7, 11) is 0. The predicted octanol–water partition coefficient (Wildman–Crippen LogP) is 4.59. The van der Waals surface area contributed by atoms with Gasteiger partial charge in [0, 0.05) is 12.3 Å². The molecule has 1 aliphatic rings. The number of Topliss-reactive ketones (excluding diaryl/α,β-unsaturated/α-hetero) is 1. The molecule has 94 valence electrons. The van der Waals surface area contributed by atoms with Crippen molar-refractivity contribution in [2.45, 2.75) is 12.3 Å². The van der Waals surface area contributed by atoms with Crippen molar-refractivity contribution in [1.29, 1.82) is 0 Å². The summed E-state index contributed by atoms with van der Waals surface area (Å²) in [6.07, 6.45) is 0.590. The zero-order valence-electron chi connectivity index (χ0n) is 10.3. The van der Waals surface area contributed by atoms with Gasteiger partial charge in [-0.1, -0.05) is 60.7 Å². The van der Waals surface area contributed by atoms with Crippen LogP contribution >= 0.6 is 22.6 Å². The number of benzene rings is 2. The van der Waals surface area contributed by atoms with E-state index >= 15 is 0 Å². The highest BCUT2D eigenvalue weighted by Crippen LogP contribution is 2.45. The van der Waals surface area contributed by atoms with E-state index < -0.39 is 0 Å². The molecule has 3 rings (SSSR count). The molecular formula is C17H13IO. The summed E-state index contributed by atoms with van der Waals surface area (Å²) in [5.74, 6) is 0.455. The van der Waals surface area contributed by atoms with E-state index in [1.807, 2.05) is 36.4 Å². The van der Waals surface area contributed by atoms with E-state index in [0.29, 0.717) is 6.42 Å². The first-order chi connectivity index (χ1) is 9.27. The number of carbonyl (C=O) groups excluding carboxylic acids is 1. The van der Waals surface area contributed by atoms with Crippen LogP contribution in [0, 0.1) is 0 Å². The highest BCUT2D eigenvalue weighted by molar-refractivity contribution is 14.1.